The highest BCUT2D eigenvalue weighted by atomic mass is 15.4. The number of nitrogens with zero attached hydrogens (tertiary/aromatic N) is 3. The standard InChI is InChI=1S/C16H12N3/c1-11-3-6-15-13(7-11)10-18-9-12-4-5-14(17-2)8-16(12)19(15)18/h3-9H,10H2,1H3/q+1. The first-order chi connectivity index (χ1) is 9.26. The van der Waals surface area contributed by atoms with Gasteiger partial charge in [0.2, 0.25) is 6.20 Å². The highest BCUT2D eigenvalue weighted by Gasteiger charge is 2.27. The third kappa shape index (κ3) is 1.34. The molecule has 4 rings (SSSR count). The Labute approximate surface area is 111 Å². The molecule has 0 unspecified atom stereocenters. The van der Waals surface area contributed by atoms with Gasteiger partial charge in [0, 0.05) is 5.56 Å². The third-order valence-corrected chi connectivity index (χ3v) is 3.71. The van der Waals surface area contributed by atoms with Crippen LogP contribution < -0.4 is 4.68 Å². The fourth-order valence-corrected chi connectivity index (χ4v) is 2.86. The van der Waals surface area contributed by atoms with E-state index in [9.17, 15) is 0 Å². The van der Waals surface area contributed by atoms with Crippen molar-refractivity contribution < 1.29 is 4.68 Å². The number of aryl methyl sites for hydroxylation is 1. The molecule has 0 N–H and O–H groups in total. The van der Waals surface area contributed by atoms with Gasteiger partial charge >= 0.3 is 0 Å². The Bertz CT molecular complexity index is 866. The summed E-state index contributed by atoms with van der Waals surface area (Å²) >= 11 is 0. The Kier molecular flexibility index (Phi) is 1.88. The topological polar surface area (TPSA) is 13.2 Å². The predicted molar refractivity (Wildman–Crippen MR) is 73.6 cm³/mol. The maximum atomic E-state index is 7.15. The average Bonchev–Trinajstić information content (AvgIpc) is 2.92. The zero-order valence-electron chi connectivity index (χ0n) is 10.6. The molecule has 0 amide bonds. The molecule has 0 saturated heterocycles. The van der Waals surface area contributed by atoms with Crippen LogP contribution in [0.1, 0.15) is 11.1 Å². The van der Waals surface area contributed by atoms with Crippen LogP contribution in [0.2, 0.25) is 0 Å². The van der Waals surface area contributed by atoms with Gasteiger partial charge in [-0.15, -0.1) is 9.36 Å². The van der Waals surface area contributed by atoms with Crippen LogP contribution in [0.5, 0.6) is 0 Å². The smallest absolute Gasteiger partial charge is 0.204 e. The van der Waals surface area contributed by atoms with E-state index in [0.717, 1.165) is 12.1 Å². The van der Waals surface area contributed by atoms with E-state index < -0.39 is 0 Å². The largest absolute Gasteiger partial charge is 0.238 e. The van der Waals surface area contributed by atoms with Crippen molar-refractivity contribution in [2.75, 3.05) is 0 Å². The average molecular weight is 246 g/mol. The Morgan fingerprint density at radius 2 is 2.11 bits per heavy atom. The van der Waals surface area contributed by atoms with Crippen LogP contribution in [0.15, 0.2) is 42.6 Å². The third-order valence-electron chi connectivity index (χ3n) is 3.71. The Morgan fingerprint density at radius 3 is 2.95 bits per heavy atom. The minimum atomic E-state index is 0.689. The molecule has 3 nitrogen and oxygen atoms in total. The molecular weight excluding hydrogens is 234 g/mol. The first-order valence-corrected chi connectivity index (χ1v) is 6.29. The second-order valence-electron chi connectivity index (χ2n) is 5.03. The second-order valence-corrected chi connectivity index (χ2v) is 5.03. The molecule has 0 bridgehead atoms. The lowest BCUT2D eigenvalue weighted by molar-refractivity contribution is -0.749. The summed E-state index contributed by atoms with van der Waals surface area (Å²) in [4.78, 5) is 3.52. The molecule has 1 aromatic heterocycles. The molecule has 90 valence electrons. The summed E-state index contributed by atoms with van der Waals surface area (Å²) in [6.45, 7) is 10.2. The second kappa shape index (κ2) is 3.46. The predicted octanol–water partition coefficient (Wildman–Crippen LogP) is 3.14. The van der Waals surface area contributed by atoms with Crippen LogP contribution in [-0.4, -0.2) is 4.68 Å². The van der Waals surface area contributed by atoms with E-state index in [2.05, 4.69) is 45.5 Å². The molecule has 1 aliphatic rings. The van der Waals surface area contributed by atoms with Gasteiger partial charge in [0.1, 0.15) is 11.2 Å². The van der Waals surface area contributed by atoms with Gasteiger partial charge in [0.25, 0.3) is 0 Å². The van der Waals surface area contributed by atoms with Gasteiger partial charge in [-0.05, 0) is 25.1 Å². The van der Waals surface area contributed by atoms with Gasteiger partial charge in [-0.1, -0.05) is 23.8 Å². The van der Waals surface area contributed by atoms with Crippen molar-refractivity contribution in [3.8, 4) is 5.69 Å². The Hall–Kier alpha value is -2.60. The molecule has 0 aliphatic carbocycles. The highest BCUT2D eigenvalue weighted by molar-refractivity contribution is 5.83. The van der Waals surface area contributed by atoms with Gasteiger partial charge in [0.15, 0.2) is 12.2 Å². The molecule has 19 heavy (non-hydrogen) atoms. The summed E-state index contributed by atoms with van der Waals surface area (Å²) < 4.78 is 4.42. The molecular formula is C16H12N3+. The first-order valence-electron chi connectivity index (χ1n) is 6.29. The number of hydrogen-bond acceptors (Lipinski definition) is 0. The van der Waals surface area contributed by atoms with Gasteiger partial charge in [-0.25, -0.2) is 4.85 Å². The normalized spacial score (nSPS) is 12.2. The van der Waals surface area contributed by atoms with Gasteiger partial charge < -0.3 is 0 Å². The van der Waals surface area contributed by atoms with E-state index in [1.807, 2.05) is 18.2 Å². The minimum absolute atomic E-state index is 0.689. The zero-order valence-corrected chi connectivity index (χ0v) is 10.6. The highest BCUT2D eigenvalue weighted by Crippen LogP contribution is 2.28. The SMILES string of the molecule is [C-]#[N+]c1ccc2c[n+]3n(c2c1)-c1ccc(C)cc1C3. The van der Waals surface area contributed by atoms with E-state index in [1.165, 1.54) is 22.2 Å². The van der Waals surface area contributed by atoms with Gasteiger partial charge in [-0.3, -0.25) is 0 Å². The summed E-state index contributed by atoms with van der Waals surface area (Å²) in [5.74, 6) is 0. The van der Waals surface area contributed by atoms with Crippen molar-refractivity contribution in [1.29, 1.82) is 0 Å². The van der Waals surface area contributed by atoms with E-state index in [1.54, 1.807) is 0 Å². The molecule has 3 aromatic rings. The zero-order chi connectivity index (χ0) is 13.0. The summed E-state index contributed by atoms with van der Waals surface area (Å²) in [6.07, 6.45) is 2.15. The molecule has 0 fully saturated rings. The maximum Gasteiger partial charge on any atom is 0.204 e. The first kappa shape index (κ1) is 10.3. The number of fused-ring (bicyclic) bond motifs is 5. The molecule has 3 heteroatoms. The van der Waals surface area contributed by atoms with Crippen molar-refractivity contribution >= 4 is 16.6 Å². The summed E-state index contributed by atoms with van der Waals surface area (Å²) in [5, 5.41) is 1.18. The lowest BCUT2D eigenvalue weighted by Crippen LogP contribution is -2.36. The van der Waals surface area contributed by atoms with Crippen molar-refractivity contribution in [3.63, 3.8) is 0 Å². The summed E-state index contributed by atoms with van der Waals surface area (Å²) in [7, 11) is 0. The minimum Gasteiger partial charge on any atom is -0.238 e. The van der Waals surface area contributed by atoms with E-state index in [-0.39, 0.29) is 0 Å². The fourth-order valence-electron chi connectivity index (χ4n) is 2.86. The van der Waals surface area contributed by atoms with Crippen LogP contribution in [0.4, 0.5) is 5.69 Å². The Morgan fingerprint density at radius 1 is 1.21 bits per heavy atom. The maximum absolute atomic E-state index is 7.15. The van der Waals surface area contributed by atoms with Crippen LogP contribution in [0.25, 0.3) is 21.4 Å². The molecule has 2 aromatic carbocycles. The quantitative estimate of drug-likeness (QED) is 0.334. The fraction of sp³-hybridized carbons (Fsp3) is 0.125. The van der Waals surface area contributed by atoms with E-state index in [0.29, 0.717) is 5.69 Å². The van der Waals surface area contributed by atoms with E-state index >= 15 is 0 Å². The molecule has 0 radical (unpaired) electrons. The van der Waals surface area contributed by atoms with Crippen LogP contribution in [-0.2, 0) is 6.54 Å². The molecule has 1 aliphatic heterocycles. The molecule has 0 spiro atoms. The van der Waals surface area contributed by atoms with Crippen molar-refractivity contribution in [1.82, 2.24) is 4.68 Å². The lowest BCUT2D eigenvalue weighted by Gasteiger charge is -1.99. The number of rotatable bonds is 0. The Balaban J connectivity index is 2.07. The van der Waals surface area contributed by atoms with Crippen molar-refractivity contribution in [2.45, 2.75) is 13.5 Å². The number of hydrogen-bond donors (Lipinski definition) is 0. The van der Waals surface area contributed by atoms with Crippen LogP contribution >= 0.6 is 0 Å². The van der Waals surface area contributed by atoms with Gasteiger partial charge in [-0.2, -0.15) is 0 Å². The van der Waals surface area contributed by atoms with Crippen LogP contribution in [0, 0.1) is 13.5 Å². The van der Waals surface area contributed by atoms with Crippen molar-refractivity contribution in [2.24, 2.45) is 0 Å². The summed E-state index contributed by atoms with van der Waals surface area (Å²) in [5.41, 5.74) is 5.65. The number of benzene rings is 2. The molecule has 0 saturated carbocycles. The molecule has 0 atom stereocenters. The van der Waals surface area contributed by atoms with Gasteiger partial charge in [0.05, 0.1) is 12.0 Å². The van der Waals surface area contributed by atoms with Crippen molar-refractivity contribution in [3.05, 3.63) is 65.1 Å². The van der Waals surface area contributed by atoms with E-state index in [4.69, 9.17) is 6.57 Å². The summed E-state index contributed by atoms with van der Waals surface area (Å²) in [6, 6.07) is 12.4. The molecule has 2 heterocycles. The van der Waals surface area contributed by atoms with Crippen LogP contribution in [0.3, 0.4) is 0 Å². The lowest BCUT2D eigenvalue weighted by atomic mass is 10.1. The monoisotopic (exact) mass is 246 g/mol. The number of aromatic nitrogens is 2.